The number of nitrogens with one attached hydrogen (secondary N) is 1. The molecule has 1 aromatic heterocycles. The minimum Gasteiger partial charge on any atom is -0.507 e. The Bertz CT molecular complexity index is 717. The first-order valence-electron chi connectivity index (χ1n) is 8.33. The van der Waals surface area contributed by atoms with E-state index < -0.39 is 0 Å². The van der Waals surface area contributed by atoms with E-state index in [1.54, 1.807) is 18.2 Å². The van der Waals surface area contributed by atoms with Gasteiger partial charge in [-0.15, -0.1) is 0 Å². The molecule has 1 heterocycles. The Kier molecular flexibility index (Phi) is 4.37. The van der Waals surface area contributed by atoms with Gasteiger partial charge in [-0.25, -0.2) is 0 Å². The summed E-state index contributed by atoms with van der Waals surface area (Å²) in [5.74, 6) is 0.743. The van der Waals surface area contributed by atoms with Crippen LogP contribution in [0.3, 0.4) is 0 Å². The molecule has 1 amide bonds. The van der Waals surface area contributed by atoms with Gasteiger partial charge in [0, 0.05) is 35.8 Å². The highest BCUT2D eigenvalue weighted by Crippen LogP contribution is 2.42. The van der Waals surface area contributed by atoms with Crippen LogP contribution < -0.4 is 5.32 Å². The summed E-state index contributed by atoms with van der Waals surface area (Å²) in [6.07, 6.45) is 3.88. The number of carbonyl (C=O) groups excluding carboxylic acids is 1. The molecule has 0 atom stereocenters. The van der Waals surface area contributed by atoms with E-state index in [9.17, 15) is 9.90 Å². The van der Waals surface area contributed by atoms with E-state index >= 15 is 0 Å². The fourth-order valence-corrected chi connectivity index (χ4v) is 2.73. The molecule has 0 saturated heterocycles. The summed E-state index contributed by atoms with van der Waals surface area (Å²) in [5, 5.41) is 17.7. The van der Waals surface area contributed by atoms with Gasteiger partial charge in [-0.1, -0.05) is 13.8 Å². The van der Waals surface area contributed by atoms with Crippen molar-refractivity contribution in [2.45, 2.75) is 52.0 Å². The average molecular weight is 313 g/mol. The van der Waals surface area contributed by atoms with Gasteiger partial charge in [0.2, 0.25) is 5.91 Å². The molecule has 23 heavy (non-hydrogen) atoms. The summed E-state index contributed by atoms with van der Waals surface area (Å²) >= 11 is 0. The minimum absolute atomic E-state index is 0.0446. The number of aromatic hydroxyl groups is 1. The Balaban J connectivity index is 1.95. The number of aryl methyl sites for hydroxylation is 1. The van der Waals surface area contributed by atoms with Crippen molar-refractivity contribution in [1.29, 1.82) is 0 Å². The fraction of sp³-hybridized carbons (Fsp3) is 0.444. The van der Waals surface area contributed by atoms with Crippen LogP contribution in [-0.2, 0) is 11.3 Å². The molecule has 0 radical (unpaired) electrons. The third-order valence-electron chi connectivity index (χ3n) is 4.12. The van der Waals surface area contributed by atoms with E-state index in [-0.39, 0.29) is 11.7 Å². The molecule has 3 rings (SSSR count). The molecule has 1 aliphatic rings. The second-order valence-electron chi connectivity index (χ2n) is 6.09. The lowest BCUT2D eigenvalue weighted by Crippen LogP contribution is -2.09. The molecule has 5 nitrogen and oxygen atoms in total. The number of anilines is 1. The standard InChI is InChI=1S/C18H23N3O2/c1-3-9-21-16(12-5-6-12)11-15(20-21)14-10-13(7-8-17(14)22)19-18(23)4-2/h7-8,10-12,22H,3-6,9H2,1-2H3,(H,19,23). The van der Waals surface area contributed by atoms with Crippen LogP contribution in [0, 0.1) is 0 Å². The minimum atomic E-state index is -0.0446. The van der Waals surface area contributed by atoms with Crippen LogP contribution in [-0.4, -0.2) is 20.8 Å². The maximum absolute atomic E-state index is 11.6. The Hall–Kier alpha value is -2.30. The van der Waals surface area contributed by atoms with E-state index in [0.717, 1.165) is 18.7 Å². The SMILES string of the molecule is CCCn1nc(-c2cc(NC(=O)CC)ccc2O)cc1C1CC1. The van der Waals surface area contributed by atoms with Gasteiger partial charge >= 0.3 is 0 Å². The molecule has 1 fully saturated rings. The Morgan fingerprint density at radius 2 is 2.13 bits per heavy atom. The molecule has 1 aliphatic carbocycles. The van der Waals surface area contributed by atoms with Crippen LogP contribution >= 0.6 is 0 Å². The lowest BCUT2D eigenvalue weighted by atomic mass is 10.1. The highest BCUT2D eigenvalue weighted by Gasteiger charge is 2.28. The molecule has 0 spiro atoms. The summed E-state index contributed by atoms with van der Waals surface area (Å²) in [4.78, 5) is 11.6. The first-order valence-corrected chi connectivity index (χ1v) is 8.33. The summed E-state index contributed by atoms with van der Waals surface area (Å²) in [6.45, 7) is 4.83. The summed E-state index contributed by atoms with van der Waals surface area (Å²) < 4.78 is 2.06. The number of phenols is 1. The highest BCUT2D eigenvalue weighted by molar-refractivity contribution is 5.91. The third-order valence-corrected chi connectivity index (χ3v) is 4.12. The normalized spacial score (nSPS) is 14.0. The monoisotopic (exact) mass is 313 g/mol. The zero-order valence-electron chi connectivity index (χ0n) is 13.7. The van der Waals surface area contributed by atoms with Gasteiger partial charge < -0.3 is 10.4 Å². The second kappa shape index (κ2) is 6.44. The molecular formula is C18H23N3O2. The lowest BCUT2D eigenvalue weighted by Gasteiger charge is -2.07. The van der Waals surface area contributed by atoms with Crippen molar-refractivity contribution in [1.82, 2.24) is 9.78 Å². The summed E-state index contributed by atoms with van der Waals surface area (Å²) in [7, 11) is 0. The summed E-state index contributed by atoms with van der Waals surface area (Å²) in [6, 6.07) is 7.18. The van der Waals surface area contributed by atoms with Crippen molar-refractivity contribution in [3.8, 4) is 17.0 Å². The molecule has 2 N–H and O–H groups in total. The molecular weight excluding hydrogens is 290 g/mol. The van der Waals surface area contributed by atoms with Crippen molar-refractivity contribution in [2.24, 2.45) is 0 Å². The smallest absolute Gasteiger partial charge is 0.224 e. The van der Waals surface area contributed by atoms with Gasteiger partial charge in [0.25, 0.3) is 0 Å². The molecule has 1 saturated carbocycles. The van der Waals surface area contributed by atoms with Crippen molar-refractivity contribution >= 4 is 11.6 Å². The van der Waals surface area contributed by atoms with Crippen LogP contribution in [0.25, 0.3) is 11.3 Å². The second-order valence-corrected chi connectivity index (χ2v) is 6.09. The number of aromatic nitrogens is 2. The zero-order chi connectivity index (χ0) is 16.4. The van der Waals surface area contributed by atoms with Crippen molar-refractivity contribution in [3.63, 3.8) is 0 Å². The summed E-state index contributed by atoms with van der Waals surface area (Å²) in [5.41, 5.74) is 3.37. The number of benzene rings is 1. The number of hydrogen-bond donors (Lipinski definition) is 2. The lowest BCUT2D eigenvalue weighted by molar-refractivity contribution is -0.115. The maximum atomic E-state index is 11.6. The predicted octanol–water partition coefficient (Wildman–Crippen LogP) is 3.89. The number of rotatable bonds is 6. The van der Waals surface area contributed by atoms with Crippen LogP contribution in [0.5, 0.6) is 5.75 Å². The van der Waals surface area contributed by atoms with Gasteiger partial charge in [-0.2, -0.15) is 5.10 Å². The largest absolute Gasteiger partial charge is 0.507 e. The molecule has 5 heteroatoms. The van der Waals surface area contributed by atoms with E-state index in [4.69, 9.17) is 0 Å². The quantitative estimate of drug-likeness (QED) is 0.795. The van der Waals surface area contributed by atoms with Crippen LogP contribution in [0.15, 0.2) is 24.3 Å². The number of carbonyl (C=O) groups is 1. The highest BCUT2D eigenvalue weighted by atomic mass is 16.3. The third kappa shape index (κ3) is 3.38. The van der Waals surface area contributed by atoms with Gasteiger partial charge in [0.15, 0.2) is 0 Å². The van der Waals surface area contributed by atoms with E-state index in [2.05, 4.69) is 28.1 Å². The van der Waals surface area contributed by atoms with Gasteiger partial charge in [0.05, 0.1) is 5.69 Å². The molecule has 0 unspecified atom stereocenters. The van der Waals surface area contributed by atoms with Crippen LogP contribution in [0.2, 0.25) is 0 Å². The van der Waals surface area contributed by atoms with Gasteiger partial charge in [-0.3, -0.25) is 9.48 Å². The van der Waals surface area contributed by atoms with Gasteiger partial charge in [-0.05, 0) is 43.5 Å². The Morgan fingerprint density at radius 3 is 2.78 bits per heavy atom. The van der Waals surface area contributed by atoms with E-state index in [0.29, 0.717) is 23.6 Å². The van der Waals surface area contributed by atoms with E-state index in [1.165, 1.54) is 18.5 Å². The first-order chi connectivity index (χ1) is 11.1. The topological polar surface area (TPSA) is 67.2 Å². The number of nitrogens with zero attached hydrogens (tertiary/aromatic N) is 2. The van der Waals surface area contributed by atoms with E-state index in [1.807, 2.05) is 6.92 Å². The molecule has 0 aliphatic heterocycles. The number of phenolic OH excluding ortho intramolecular Hbond substituents is 1. The van der Waals surface area contributed by atoms with Crippen molar-refractivity contribution < 1.29 is 9.90 Å². The molecule has 2 aromatic rings. The molecule has 0 bridgehead atoms. The fourth-order valence-electron chi connectivity index (χ4n) is 2.73. The predicted molar refractivity (Wildman–Crippen MR) is 90.5 cm³/mol. The number of amides is 1. The number of hydrogen-bond acceptors (Lipinski definition) is 3. The molecule has 1 aromatic carbocycles. The maximum Gasteiger partial charge on any atom is 0.224 e. The zero-order valence-corrected chi connectivity index (χ0v) is 13.7. The first kappa shape index (κ1) is 15.6. The average Bonchev–Trinajstić information content (AvgIpc) is 3.30. The Morgan fingerprint density at radius 1 is 1.35 bits per heavy atom. The van der Waals surface area contributed by atoms with Crippen LogP contribution in [0.1, 0.15) is 51.1 Å². The van der Waals surface area contributed by atoms with Crippen LogP contribution in [0.4, 0.5) is 5.69 Å². The van der Waals surface area contributed by atoms with Crippen molar-refractivity contribution in [2.75, 3.05) is 5.32 Å². The van der Waals surface area contributed by atoms with Crippen molar-refractivity contribution in [3.05, 3.63) is 30.0 Å². The van der Waals surface area contributed by atoms with Gasteiger partial charge in [0.1, 0.15) is 5.75 Å². The molecule has 122 valence electrons. The Labute approximate surface area is 136 Å².